The van der Waals surface area contributed by atoms with Gasteiger partial charge in [-0.05, 0) is 5.56 Å². The number of hydrogen-bond acceptors (Lipinski definition) is 14. The Morgan fingerprint density at radius 1 is 0.468 bits per heavy atom. The molecule has 1 saturated carbocycles. The lowest BCUT2D eigenvalue weighted by molar-refractivity contribution is -0.202. The molecular formula is C13H27O27P7. The topological polar surface area (TPSA) is 458 Å². The Hall–Kier alpha value is 0.0300. The fraction of sp³-hybridized carbons (Fsp3) is 0.538. The lowest BCUT2D eigenvalue weighted by Crippen LogP contribution is -2.66. The zero-order chi connectivity index (χ0) is 37.0. The van der Waals surface area contributed by atoms with Crippen LogP contribution in [0.2, 0.25) is 0 Å². The molecule has 14 N–H and O–H groups in total. The van der Waals surface area contributed by atoms with Gasteiger partial charge in [-0.15, -0.1) is 0 Å². The quantitative estimate of drug-likeness (QED) is 0.0902. The molecule has 27 nitrogen and oxygen atoms in total. The van der Waals surface area contributed by atoms with Crippen molar-refractivity contribution in [2.45, 2.75) is 42.5 Å². The van der Waals surface area contributed by atoms with Crippen LogP contribution in [0.3, 0.4) is 0 Å². The molecule has 1 aromatic rings. The van der Waals surface area contributed by atoms with Crippen LogP contribution in [-0.2, 0) is 59.1 Å². The van der Waals surface area contributed by atoms with Gasteiger partial charge in [-0.2, -0.15) is 0 Å². The second-order valence-corrected chi connectivity index (χ2v) is 16.9. The van der Waals surface area contributed by atoms with E-state index in [2.05, 4.69) is 27.1 Å². The molecule has 0 spiro atoms. The summed E-state index contributed by atoms with van der Waals surface area (Å²) in [7, 11) is -39.0. The van der Waals surface area contributed by atoms with E-state index in [1.54, 1.807) is 30.3 Å². The van der Waals surface area contributed by atoms with Crippen molar-refractivity contribution in [3.05, 3.63) is 35.9 Å². The minimum absolute atomic E-state index is 0.485. The van der Waals surface area contributed by atoms with E-state index in [9.17, 15) is 32.0 Å². The van der Waals surface area contributed by atoms with E-state index in [1.165, 1.54) is 0 Å². The van der Waals surface area contributed by atoms with E-state index in [0.717, 1.165) is 0 Å². The summed E-state index contributed by atoms with van der Waals surface area (Å²) in [6.45, 7) is 0. The van der Waals surface area contributed by atoms with E-state index in [0.29, 0.717) is 5.56 Å². The fourth-order valence-electron chi connectivity index (χ4n) is 3.57. The molecule has 1 aliphatic rings. The number of phosphoric ester groups is 6. The third-order valence-corrected chi connectivity index (χ3v) is 8.76. The Kier molecular flexibility index (Phi) is 16.3. The molecule has 1 aliphatic carbocycles. The van der Waals surface area contributed by atoms with Crippen molar-refractivity contribution in [3.8, 4) is 0 Å². The lowest BCUT2D eigenvalue weighted by atomic mass is 9.85. The highest BCUT2D eigenvalue weighted by Gasteiger charge is 2.62. The maximum absolute atomic E-state index is 11.4. The first-order valence-electron chi connectivity index (χ1n) is 11.2. The Morgan fingerprint density at radius 2 is 0.660 bits per heavy atom. The molecule has 2 unspecified atom stereocenters. The minimum Gasteiger partial charge on any atom is -0.378 e. The first-order chi connectivity index (χ1) is 20.8. The smallest absolute Gasteiger partial charge is 0.378 e. The molecule has 0 aromatic heterocycles. The molecule has 47 heavy (non-hydrogen) atoms. The van der Waals surface area contributed by atoms with Crippen molar-refractivity contribution in [2.75, 3.05) is 0 Å². The number of aliphatic hydroxyl groups is 1. The average Bonchev–Trinajstić information content (AvgIpc) is 2.82. The monoisotopic (exact) mass is 832 g/mol. The summed E-state index contributed by atoms with van der Waals surface area (Å²) in [6, 6.07) is 8.43. The van der Waals surface area contributed by atoms with Crippen molar-refractivity contribution in [1.82, 2.24) is 0 Å². The Morgan fingerprint density at radius 3 is 0.809 bits per heavy atom. The largest absolute Gasteiger partial charge is 0.470 e. The maximum Gasteiger partial charge on any atom is 0.470 e. The summed E-state index contributed by atoms with van der Waals surface area (Å²) >= 11 is 0. The highest BCUT2D eigenvalue weighted by molar-refractivity contribution is 7.47. The molecule has 34 heteroatoms. The van der Waals surface area contributed by atoms with Gasteiger partial charge in [-0.1, -0.05) is 30.3 Å². The lowest BCUT2D eigenvalue weighted by Gasteiger charge is -2.48. The van der Waals surface area contributed by atoms with Crippen molar-refractivity contribution < 1.29 is 128 Å². The van der Waals surface area contributed by atoms with Gasteiger partial charge in [-0.25, -0.2) is 27.4 Å². The van der Waals surface area contributed by atoms with Crippen molar-refractivity contribution in [1.29, 1.82) is 0 Å². The third-order valence-electron chi connectivity index (χ3n) is 4.85. The van der Waals surface area contributed by atoms with Gasteiger partial charge >= 0.3 is 46.9 Å². The van der Waals surface area contributed by atoms with Crippen molar-refractivity contribution in [2.24, 2.45) is 0 Å². The van der Waals surface area contributed by atoms with Crippen LogP contribution in [0.5, 0.6) is 0 Å². The van der Waals surface area contributed by atoms with Gasteiger partial charge in [0.1, 0.15) is 36.6 Å². The van der Waals surface area contributed by atoms with Crippen LogP contribution in [0.4, 0.5) is 0 Å². The standard InChI is InChI=1S/C7H9O3P.C6H18O24P6/c8-7(11(9)10)6-4-2-1-3-5-6;7-31(8,9)25-1-2(26-32(10,11)12)4(28-34(16,17)18)6(30-36(22,23)24)5(29-35(19,20)21)3(1)27-33(13,14)15/h1-5,7-8,11H,(H,9,10);1-6H,(H2,7,8,9)(H2,10,11,12)(H2,13,14,15)(H2,16,17,18)(H2,19,20,21)(H2,22,23,24)/t;1-,2-,3-,4+,5-,6-. The number of aliphatic hydroxyl groups excluding tert-OH is 1. The SMILES string of the molecule is O=P(O)(O)O[C@H]1[C@H](OP(=O)(O)O)[C@@H](OP(=O)(O)O)[C@H](OP(=O)(O)O)[C@@H](OP(=O)(O)O)[C@H]1OP(=O)(O)O.O=[PH](O)C(O)c1ccccc1. The van der Waals surface area contributed by atoms with Crippen molar-refractivity contribution in [3.63, 3.8) is 0 Å². The predicted molar refractivity (Wildman–Crippen MR) is 144 cm³/mol. The van der Waals surface area contributed by atoms with Gasteiger partial charge in [0.05, 0.1) is 0 Å². The Labute approximate surface area is 261 Å². The number of rotatable bonds is 14. The molecule has 2 atom stereocenters. The zero-order valence-corrected chi connectivity index (χ0v) is 28.5. The van der Waals surface area contributed by atoms with Gasteiger partial charge < -0.3 is 68.7 Å². The van der Waals surface area contributed by atoms with Crippen LogP contribution >= 0.6 is 55.0 Å². The molecule has 0 radical (unpaired) electrons. The van der Waals surface area contributed by atoms with E-state index in [4.69, 9.17) is 68.7 Å². The van der Waals surface area contributed by atoms with Crippen LogP contribution in [-0.4, -0.2) is 105 Å². The molecule has 0 aliphatic heterocycles. The van der Waals surface area contributed by atoms with Crippen LogP contribution in [0, 0.1) is 0 Å². The zero-order valence-electron chi connectivity index (χ0n) is 22.2. The summed E-state index contributed by atoms with van der Waals surface area (Å²) < 4.78 is 104. The summed E-state index contributed by atoms with van der Waals surface area (Å²) in [5, 5.41) is 9.08. The van der Waals surface area contributed by atoms with Gasteiger partial charge in [0, 0.05) is 0 Å². The van der Waals surface area contributed by atoms with Crippen LogP contribution in [0.15, 0.2) is 30.3 Å². The van der Waals surface area contributed by atoms with Crippen LogP contribution in [0.1, 0.15) is 11.4 Å². The molecule has 0 amide bonds. The second-order valence-electron chi connectivity index (χ2n) is 8.52. The average molecular weight is 832 g/mol. The molecule has 0 heterocycles. The van der Waals surface area contributed by atoms with E-state index in [1.807, 2.05) is 0 Å². The highest BCUT2D eigenvalue weighted by atomic mass is 31.2. The van der Waals surface area contributed by atoms with E-state index >= 15 is 0 Å². The first kappa shape index (κ1) is 45.1. The fourth-order valence-corrected chi connectivity index (χ4v) is 7.39. The first-order valence-corrected chi connectivity index (χ1v) is 21.8. The van der Waals surface area contributed by atoms with Crippen molar-refractivity contribution >= 4 is 55.0 Å². The van der Waals surface area contributed by atoms with Gasteiger partial charge in [0.2, 0.25) is 8.03 Å². The van der Waals surface area contributed by atoms with E-state index in [-0.39, 0.29) is 0 Å². The molecule has 1 aromatic carbocycles. The Balaban J connectivity index is 0.000000841. The van der Waals surface area contributed by atoms with Crippen LogP contribution in [0.25, 0.3) is 0 Å². The summed E-state index contributed by atoms with van der Waals surface area (Å²) in [5.41, 5.74) is 0.485. The number of benzene rings is 1. The molecule has 0 saturated heterocycles. The second kappa shape index (κ2) is 17.0. The van der Waals surface area contributed by atoms with Gasteiger partial charge in [0.15, 0.2) is 5.85 Å². The summed E-state index contributed by atoms with van der Waals surface area (Å²) in [6.07, 6.45) is -18.9. The normalized spacial score (nSPS) is 26.2. The summed E-state index contributed by atoms with van der Waals surface area (Å²) in [4.78, 5) is 118. The minimum atomic E-state index is -6.02. The highest BCUT2D eigenvalue weighted by Crippen LogP contribution is 2.57. The van der Waals surface area contributed by atoms with Gasteiger partial charge in [-0.3, -0.25) is 31.7 Å². The predicted octanol–water partition coefficient (Wildman–Crippen LogP) is -1.99. The summed E-state index contributed by atoms with van der Waals surface area (Å²) in [5.74, 6) is -1.22. The molecule has 0 bridgehead atoms. The Bertz CT molecular complexity index is 1250. The number of hydrogen-bond donors (Lipinski definition) is 14. The third kappa shape index (κ3) is 18.2. The van der Waals surface area contributed by atoms with Crippen LogP contribution < -0.4 is 0 Å². The maximum atomic E-state index is 11.4. The number of phosphoric acid groups is 6. The van der Waals surface area contributed by atoms with E-state index < -0.39 is 97.4 Å². The molecule has 2 rings (SSSR count). The molecule has 1 fully saturated rings. The molecular weight excluding hydrogens is 805 g/mol. The van der Waals surface area contributed by atoms with Gasteiger partial charge in [0.25, 0.3) is 0 Å². The molecule has 276 valence electrons.